The second kappa shape index (κ2) is 10.8. The number of halogens is 2. The number of ether oxygens (including phenoxy) is 3. The van der Waals surface area contributed by atoms with Crippen molar-refractivity contribution >= 4 is 25.7 Å². The van der Waals surface area contributed by atoms with Gasteiger partial charge in [-0.3, -0.25) is 4.79 Å². The van der Waals surface area contributed by atoms with Crippen LogP contribution in [-0.2, 0) is 10.0 Å². The molecule has 198 valence electrons. The van der Waals surface area contributed by atoms with Crippen molar-refractivity contribution in [3.05, 3.63) is 88.2 Å². The maximum Gasteiger partial charge on any atom is 0.219 e. The molecule has 4 rings (SSSR count). The van der Waals surface area contributed by atoms with Gasteiger partial charge in [0.05, 0.1) is 20.3 Å². The zero-order chi connectivity index (χ0) is 27.7. The number of benzene rings is 3. The Bertz CT molecular complexity index is 1390. The Morgan fingerprint density at radius 3 is 2.37 bits per heavy atom. The van der Waals surface area contributed by atoms with Crippen molar-refractivity contribution in [2.24, 2.45) is 0 Å². The van der Waals surface area contributed by atoms with Gasteiger partial charge in [0, 0.05) is 28.6 Å². The van der Waals surface area contributed by atoms with Crippen molar-refractivity contribution in [2.75, 3.05) is 14.2 Å². The third-order valence-electron chi connectivity index (χ3n) is 6.43. The van der Waals surface area contributed by atoms with Gasteiger partial charge in [-0.2, -0.15) is 5.26 Å². The maximum atomic E-state index is 14.6. The van der Waals surface area contributed by atoms with E-state index in [0.29, 0.717) is 21.9 Å². The van der Waals surface area contributed by atoms with Crippen LogP contribution in [0.4, 0.5) is 4.39 Å². The summed E-state index contributed by atoms with van der Waals surface area (Å²) in [6.07, 6.45) is -0.790. The van der Waals surface area contributed by atoms with Crippen LogP contribution in [0.2, 0.25) is 24.7 Å². The molecule has 0 aromatic heterocycles. The average molecular weight is 554 g/mol. The summed E-state index contributed by atoms with van der Waals surface area (Å²) >= 11 is 6.20. The van der Waals surface area contributed by atoms with Gasteiger partial charge >= 0.3 is 0 Å². The smallest absolute Gasteiger partial charge is 0.219 e. The first-order valence-electron chi connectivity index (χ1n) is 12.1. The molecule has 38 heavy (non-hydrogen) atoms. The largest absolute Gasteiger partial charge is 0.496 e. The van der Waals surface area contributed by atoms with E-state index in [2.05, 4.69) is 6.07 Å². The number of Topliss-reactive ketones (excluding diaryl/α,β-unsaturated/α-hetero) is 1. The molecule has 6 nitrogen and oxygen atoms in total. The van der Waals surface area contributed by atoms with Crippen LogP contribution in [0.3, 0.4) is 0 Å². The van der Waals surface area contributed by atoms with E-state index in [0.717, 1.165) is 0 Å². The molecule has 1 heterocycles. The zero-order valence-corrected chi connectivity index (χ0v) is 23.6. The molecule has 9 heteroatoms. The minimum atomic E-state index is -2.15. The lowest BCUT2D eigenvalue weighted by Gasteiger charge is -2.38. The number of hydrogen-bond acceptors (Lipinski definition) is 6. The summed E-state index contributed by atoms with van der Waals surface area (Å²) in [6.45, 7) is 5.94. The molecule has 0 amide bonds. The number of rotatable bonds is 9. The lowest BCUT2D eigenvalue weighted by molar-refractivity contribution is 0.0344. The Morgan fingerprint density at radius 1 is 1.08 bits per heavy atom. The van der Waals surface area contributed by atoms with E-state index in [4.69, 9.17) is 30.2 Å². The summed E-state index contributed by atoms with van der Waals surface area (Å²) < 4.78 is 38.4. The van der Waals surface area contributed by atoms with Crippen molar-refractivity contribution in [3.8, 4) is 23.3 Å². The van der Waals surface area contributed by atoms with Gasteiger partial charge in [-0.05, 0) is 55.9 Å². The second-order valence-electron chi connectivity index (χ2n) is 10.1. The quantitative estimate of drug-likeness (QED) is 0.269. The van der Waals surface area contributed by atoms with Crippen molar-refractivity contribution in [3.63, 3.8) is 0 Å². The Balaban J connectivity index is 1.99. The van der Waals surface area contributed by atoms with Crippen LogP contribution in [0.15, 0.2) is 60.7 Å². The van der Waals surface area contributed by atoms with Crippen LogP contribution in [0.25, 0.3) is 0 Å². The molecule has 1 aliphatic rings. The fraction of sp³-hybridized carbons (Fsp3) is 0.310. The first-order chi connectivity index (χ1) is 18.0. The molecule has 1 aliphatic heterocycles. The number of carbonyl (C=O) groups is 1. The normalized spacial score (nSPS) is 18.2. The first kappa shape index (κ1) is 27.6. The number of methoxy groups -OCH3 is 2. The molecule has 0 aliphatic carbocycles. The molecule has 0 fully saturated rings. The number of nitriles is 1. The Hall–Kier alpha value is -3.38. The second-order valence-corrected chi connectivity index (χ2v) is 15.0. The van der Waals surface area contributed by atoms with Gasteiger partial charge in [0.1, 0.15) is 34.7 Å². The van der Waals surface area contributed by atoms with E-state index in [1.165, 1.54) is 26.4 Å². The van der Waals surface area contributed by atoms with Crippen molar-refractivity contribution in [1.29, 1.82) is 5.26 Å². The number of hydrogen-bond donors (Lipinski definition) is 0. The highest BCUT2D eigenvalue weighted by atomic mass is 35.5. The maximum absolute atomic E-state index is 14.6. The number of ketones is 1. The lowest BCUT2D eigenvalue weighted by Crippen LogP contribution is -2.45. The van der Waals surface area contributed by atoms with Gasteiger partial charge in [0.2, 0.25) is 11.4 Å². The topological polar surface area (TPSA) is 77.8 Å². The molecular weight excluding hydrogens is 525 g/mol. The highest BCUT2D eigenvalue weighted by Crippen LogP contribution is 2.54. The number of carbonyl (C=O) groups excluding carboxylic acids is 1. The summed E-state index contributed by atoms with van der Waals surface area (Å²) in [5.41, 5.74) is -0.433. The van der Waals surface area contributed by atoms with Gasteiger partial charge in [0.25, 0.3) is 0 Å². The van der Waals surface area contributed by atoms with E-state index in [1.807, 2.05) is 19.6 Å². The average Bonchev–Trinajstić information content (AvgIpc) is 3.18. The third kappa shape index (κ3) is 5.28. The van der Waals surface area contributed by atoms with Gasteiger partial charge in [0.15, 0.2) is 8.32 Å². The molecule has 0 N–H and O–H groups in total. The van der Waals surface area contributed by atoms with Crippen molar-refractivity contribution < 1.29 is 27.8 Å². The predicted octanol–water partition coefficient (Wildman–Crippen LogP) is 6.88. The van der Waals surface area contributed by atoms with Crippen LogP contribution in [0.1, 0.15) is 33.8 Å². The Labute approximate surface area is 228 Å². The highest BCUT2D eigenvalue weighted by Gasteiger charge is 2.57. The van der Waals surface area contributed by atoms with Crippen LogP contribution in [-0.4, -0.2) is 34.4 Å². The fourth-order valence-corrected chi connectivity index (χ4v) is 6.03. The van der Waals surface area contributed by atoms with E-state index in [9.17, 15) is 14.4 Å². The van der Waals surface area contributed by atoms with E-state index < -0.39 is 31.8 Å². The fourth-order valence-electron chi connectivity index (χ4n) is 4.90. The van der Waals surface area contributed by atoms with E-state index in [-0.39, 0.29) is 29.3 Å². The van der Waals surface area contributed by atoms with Gasteiger partial charge in [-0.1, -0.05) is 35.9 Å². The van der Waals surface area contributed by atoms with Gasteiger partial charge < -0.3 is 18.6 Å². The van der Waals surface area contributed by atoms with Crippen LogP contribution < -0.4 is 14.2 Å². The number of fused-ring (bicyclic) bond motifs is 1. The molecule has 0 saturated heterocycles. The summed E-state index contributed by atoms with van der Waals surface area (Å²) in [5.74, 6) is -0.667. The van der Waals surface area contributed by atoms with Crippen molar-refractivity contribution in [1.82, 2.24) is 0 Å². The van der Waals surface area contributed by atoms with E-state index in [1.54, 1.807) is 48.5 Å². The molecular formula is C29H29ClFNO5Si. The Morgan fingerprint density at radius 2 is 1.79 bits per heavy atom. The zero-order valence-electron chi connectivity index (χ0n) is 21.9. The molecule has 3 atom stereocenters. The van der Waals surface area contributed by atoms with E-state index >= 15 is 0 Å². The summed E-state index contributed by atoms with van der Waals surface area (Å²) in [7, 11) is 0.811. The first-order valence-corrected chi connectivity index (χ1v) is 15.9. The molecule has 3 unspecified atom stereocenters. The molecule has 0 saturated carbocycles. The van der Waals surface area contributed by atoms with Crippen molar-refractivity contribution in [2.45, 2.75) is 43.7 Å². The monoisotopic (exact) mass is 553 g/mol. The predicted molar refractivity (Wildman–Crippen MR) is 145 cm³/mol. The molecule has 3 aromatic rings. The van der Waals surface area contributed by atoms with Crippen LogP contribution >= 0.6 is 11.6 Å². The summed E-state index contributed by atoms with van der Waals surface area (Å²) in [4.78, 5) is 14.6. The third-order valence-corrected chi connectivity index (χ3v) is 7.68. The van der Waals surface area contributed by atoms with Crippen LogP contribution in [0, 0.1) is 17.1 Å². The minimum Gasteiger partial charge on any atom is -0.496 e. The number of nitrogens with zero attached hydrogens (tertiary/aromatic N) is 1. The minimum absolute atomic E-state index is 0.0754. The Kier molecular flexibility index (Phi) is 7.84. The van der Waals surface area contributed by atoms with Crippen LogP contribution in [0.5, 0.6) is 17.2 Å². The molecule has 3 aromatic carbocycles. The highest BCUT2D eigenvalue weighted by molar-refractivity contribution is 6.69. The van der Waals surface area contributed by atoms with Gasteiger partial charge in [-0.15, -0.1) is 0 Å². The molecule has 0 spiro atoms. The lowest BCUT2D eigenvalue weighted by atomic mass is 9.71. The molecule has 0 bridgehead atoms. The molecule has 0 radical (unpaired) electrons. The van der Waals surface area contributed by atoms with Gasteiger partial charge in [-0.25, -0.2) is 4.39 Å². The summed E-state index contributed by atoms with van der Waals surface area (Å²) in [6, 6.07) is 18.2. The standard InChI is InChI=1S/C29H29ClFNO5Si/c1-34-22-15-25(35-2)27-26(16-22)36-29(28(27)33,19-9-11-20(30)12-10-19)24(18-7-6-8-21(31)13-18)14-23(17-32)37-38(3,4)5/h6-13,15-16,23-24H,14H2,1-5H3. The summed E-state index contributed by atoms with van der Waals surface area (Å²) in [5, 5.41) is 10.5. The SMILES string of the molecule is COc1cc(OC)c2c(c1)OC(c1ccc(Cl)cc1)(C(CC(C#N)O[Si](C)(C)C)c1cccc(F)c1)C2=O.